The molecule has 610 valence electrons. The average Bonchev–Trinajstić information content (AvgIpc) is 0.965. The van der Waals surface area contributed by atoms with E-state index in [1.54, 1.807) is 0 Å². The molecule has 0 saturated heterocycles. The van der Waals surface area contributed by atoms with E-state index in [1.807, 2.05) is 21.1 Å². The summed E-state index contributed by atoms with van der Waals surface area (Å²) in [4.78, 5) is 37.7. The van der Waals surface area contributed by atoms with E-state index < -0.39 is 24.3 Å². The number of hydrogen-bond donors (Lipinski definition) is 0. The summed E-state index contributed by atoms with van der Waals surface area (Å²) >= 11 is 0. The second-order valence-corrected chi connectivity index (χ2v) is 30.4. The molecule has 2 unspecified atom stereocenters. The van der Waals surface area contributed by atoms with E-state index in [-0.39, 0.29) is 38.6 Å². The molecule has 0 spiro atoms. The van der Waals surface area contributed by atoms with Gasteiger partial charge in [-0.2, -0.15) is 0 Å². The van der Waals surface area contributed by atoms with Gasteiger partial charge >= 0.3 is 11.9 Å². The summed E-state index contributed by atoms with van der Waals surface area (Å²) in [6.07, 6.45) is 126. The lowest BCUT2D eigenvalue weighted by molar-refractivity contribution is -0.870. The summed E-state index contributed by atoms with van der Waals surface area (Å²) in [6.45, 7) is 4.54. The predicted octanol–water partition coefficient (Wildman–Crippen LogP) is 27.9. The Morgan fingerprint density at radius 2 is 0.505 bits per heavy atom. The molecule has 0 saturated carbocycles. The third-order valence-corrected chi connectivity index (χ3v) is 19.0. The second kappa shape index (κ2) is 86.2. The standard InChI is InChI=1S/C98H165NO8/c1-6-8-10-12-14-16-18-20-22-24-26-28-30-32-34-36-38-40-42-44-46-48-50-52-54-56-58-60-62-64-66-68-70-72-74-76-78-80-82-84-86-88-95(100)105-92-94(93-106-98(97(102)103)104-91-90-99(3,4)5)107-96(101)89-87-85-83-81-79-77-75-73-71-69-67-65-63-61-59-57-55-53-51-49-47-45-43-41-39-37-35-33-31-29-27-25-23-21-19-17-15-13-11-9-7-2/h8-11,14-17,20-23,26-29,33,35,39,41,45,47,51,53,57,59,63,65,94,98H,6-7,12-13,18-19,24-25,30-32,34,36-38,40,42-44,46,48-50,52,54-56,58,60-62,64,66-93H2,1-5H3/b10-8-,11-9-,16-14-,17-15-,22-20-,23-21-,28-26-,29-27-,35-33-,41-39-,47-45-,53-51-,59-57-,65-63-. The van der Waals surface area contributed by atoms with Crippen molar-refractivity contribution in [2.45, 2.75) is 386 Å². The smallest absolute Gasteiger partial charge is 0.306 e. The minimum Gasteiger partial charge on any atom is -0.545 e. The van der Waals surface area contributed by atoms with Crippen LogP contribution in [0.3, 0.4) is 0 Å². The molecule has 0 radical (unpaired) electrons. The fourth-order valence-electron chi connectivity index (χ4n) is 12.3. The maximum Gasteiger partial charge on any atom is 0.306 e. The number of carboxylic acid groups (broad SMARTS) is 1. The summed E-state index contributed by atoms with van der Waals surface area (Å²) in [7, 11) is 5.94. The van der Waals surface area contributed by atoms with E-state index in [9.17, 15) is 19.5 Å². The first-order chi connectivity index (χ1) is 52.6. The fraction of sp³-hybridized carbons (Fsp3) is 0.684. The Balaban J connectivity index is 4.00. The fourth-order valence-corrected chi connectivity index (χ4v) is 12.3. The van der Waals surface area contributed by atoms with Gasteiger partial charge in [0.1, 0.15) is 13.2 Å². The number of quaternary nitrogens is 1. The monoisotopic (exact) mass is 1480 g/mol. The lowest BCUT2D eigenvalue weighted by Gasteiger charge is -2.26. The number of carboxylic acids is 1. The van der Waals surface area contributed by atoms with Crippen LogP contribution in [-0.2, 0) is 33.3 Å². The Bertz CT molecular complexity index is 2380. The summed E-state index contributed by atoms with van der Waals surface area (Å²) < 4.78 is 22.9. The molecule has 0 aromatic carbocycles. The van der Waals surface area contributed by atoms with Crippen molar-refractivity contribution >= 4 is 17.9 Å². The van der Waals surface area contributed by atoms with Gasteiger partial charge < -0.3 is 33.3 Å². The summed E-state index contributed by atoms with van der Waals surface area (Å²) in [6, 6.07) is 0. The van der Waals surface area contributed by atoms with Crippen LogP contribution in [0.2, 0.25) is 0 Å². The lowest BCUT2D eigenvalue weighted by atomic mass is 10.0. The first-order valence-corrected chi connectivity index (χ1v) is 44.3. The molecule has 107 heavy (non-hydrogen) atoms. The van der Waals surface area contributed by atoms with Gasteiger partial charge in [0.2, 0.25) is 0 Å². The Morgan fingerprint density at radius 1 is 0.280 bits per heavy atom. The van der Waals surface area contributed by atoms with Crippen molar-refractivity contribution in [1.29, 1.82) is 0 Å². The Hall–Kier alpha value is -5.35. The molecule has 0 rings (SSSR count). The molecule has 9 nitrogen and oxygen atoms in total. The molecule has 0 aliphatic carbocycles. The summed E-state index contributed by atoms with van der Waals surface area (Å²) in [5.41, 5.74) is 0. The molecule has 0 aromatic rings. The molecular formula is C98H165NO8. The van der Waals surface area contributed by atoms with Crippen molar-refractivity contribution in [2.75, 3.05) is 47.5 Å². The van der Waals surface area contributed by atoms with Gasteiger partial charge in [0.15, 0.2) is 12.4 Å². The molecule has 0 N–H and O–H groups in total. The van der Waals surface area contributed by atoms with Crippen LogP contribution in [0.1, 0.15) is 373 Å². The van der Waals surface area contributed by atoms with E-state index in [0.29, 0.717) is 17.4 Å². The maximum atomic E-state index is 13.0. The van der Waals surface area contributed by atoms with Gasteiger partial charge in [-0.25, -0.2) is 0 Å². The zero-order chi connectivity index (χ0) is 77.4. The zero-order valence-electron chi connectivity index (χ0n) is 70.0. The number of carbonyl (C=O) groups excluding carboxylic acids is 3. The van der Waals surface area contributed by atoms with Gasteiger partial charge in [-0.05, 0) is 128 Å². The number of hydrogen-bond acceptors (Lipinski definition) is 8. The summed E-state index contributed by atoms with van der Waals surface area (Å²) in [5, 5.41) is 11.9. The number of carbonyl (C=O) groups is 3. The van der Waals surface area contributed by atoms with Crippen LogP contribution in [0.4, 0.5) is 0 Å². The van der Waals surface area contributed by atoms with Crippen molar-refractivity contribution in [2.24, 2.45) is 0 Å². The van der Waals surface area contributed by atoms with Crippen molar-refractivity contribution < 1.29 is 42.9 Å². The maximum absolute atomic E-state index is 13.0. The van der Waals surface area contributed by atoms with Gasteiger partial charge in [0.25, 0.3) is 0 Å². The van der Waals surface area contributed by atoms with Crippen molar-refractivity contribution in [3.8, 4) is 0 Å². The van der Waals surface area contributed by atoms with E-state index in [2.05, 4.69) is 184 Å². The molecule has 2 atom stereocenters. The first-order valence-electron chi connectivity index (χ1n) is 44.3. The van der Waals surface area contributed by atoms with Gasteiger partial charge in [0.05, 0.1) is 40.3 Å². The SMILES string of the molecule is CC/C=C\C/C=C\C/C=C\C/C=C\C/C=C\C/C=C\C/C=C\C/C=C\C/C=C\C/C=C\CCCCCCCCCCCCC(=O)OC(COC(=O)CCCCCCCCCCCCCCCCCCCCCCCCCCCCCC/C=C\C/C=C\C/C=C\C/C=C\CC)COC(OCC[N+](C)(C)C)C(=O)[O-]. The van der Waals surface area contributed by atoms with Gasteiger partial charge in [-0.15, -0.1) is 0 Å². The van der Waals surface area contributed by atoms with Crippen molar-refractivity contribution in [3.05, 3.63) is 170 Å². The van der Waals surface area contributed by atoms with Crippen LogP contribution >= 0.6 is 0 Å². The molecule has 0 bridgehead atoms. The number of nitrogens with zero attached hydrogens (tertiary/aromatic N) is 1. The number of rotatable bonds is 81. The van der Waals surface area contributed by atoms with Crippen LogP contribution < -0.4 is 5.11 Å². The number of aliphatic carboxylic acids is 1. The van der Waals surface area contributed by atoms with Crippen LogP contribution in [0.25, 0.3) is 0 Å². The molecular weight excluding hydrogens is 1320 g/mol. The quantitative estimate of drug-likeness (QED) is 0.0195. The van der Waals surface area contributed by atoms with Crippen LogP contribution in [0, 0.1) is 0 Å². The van der Waals surface area contributed by atoms with E-state index in [4.69, 9.17) is 18.9 Å². The number of likely N-dealkylation sites (N-methyl/N-ethyl adjacent to an activating group) is 1. The molecule has 0 amide bonds. The molecule has 0 aromatic heterocycles. The third kappa shape index (κ3) is 87.8. The topological polar surface area (TPSA) is 111 Å². The highest BCUT2D eigenvalue weighted by Crippen LogP contribution is 2.19. The molecule has 0 heterocycles. The van der Waals surface area contributed by atoms with Gasteiger partial charge in [-0.1, -0.05) is 402 Å². The first kappa shape index (κ1) is 102. The van der Waals surface area contributed by atoms with Gasteiger partial charge in [0, 0.05) is 12.8 Å². The van der Waals surface area contributed by atoms with E-state index >= 15 is 0 Å². The minimum absolute atomic E-state index is 0.142. The second-order valence-electron chi connectivity index (χ2n) is 30.4. The van der Waals surface area contributed by atoms with E-state index in [0.717, 1.165) is 135 Å². The van der Waals surface area contributed by atoms with E-state index in [1.165, 1.54) is 205 Å². The van der Waals surface area contributed by atoms with Crippen LogP contribution in [0.15, 0.2) is 170 Å². The Kier molecular flexibility index (Phi) is 81.9. The van der Waals surface area contributed by atoms with Crippen LogP contribution in [-0.4, -0.2) is 82.3 Å². The molecule has 0 fully saturated rings. The van der Waals surface area contributed by atoms with Gasteiger partial charge in [-0.3, -0.25) is 9.59 Å². The molecule has 0 aliphatic rings. The highest BCUT2D eigenvalue weighted by atomic mass is 16.7. The molecule has 9 heteroatoms. The Morgan fingerprint density at radius 3 is 0.748 bits per heavy atom. The largest absolute Gasteiger partial charge is 0.545 e. The van der Waals surface area contributed by atoms with Crippen molar-refractivity contribution in [3.63, 3.8) is 0 Å². The normalized spacial score (nSPS) is 13.5. The number of ether oxygens (including phenoxy) is 4. The molecule has 0 aliphatic heterocycles. The van der Waals surface area contributed by atoms with Crippen LogP contribution in [0.5, 0.6) is 0 Å². The number of allylic oxidation sites excluding steroid dienone is 28. The third-order valence-electron chi connectivity index (χ3n) is 19.0. The highest BCUT2D eigenvalue weighted by molar-refractivity contribution is 5.70. The average molecular weight is 1490 g/mol. The number of esters is 2. The minimum atomic E-state index is -1.63. The van der Waals surface area contributed by atoms with Crippen molar-refractivity contribution in [1.82, 2.24) is 0 Å². The highest BCUT2D eigenvalue weighted by Gasteiger charge is 2.22. The number of unbranched alkanes of at least 4 members (excludes halogenated alkanes) is 38. The lowest BCUT2D eigenvalue weighted by Crippen LogP contribution is -2.44. The Labute approximate surface area is 660 Å². The summed E-state index contributed by atoms with van der Waals surface area (Å²) in [5.74, 6) is -2.28. The predicted molar refractivity (Wildman–Crippen MR) is 462 cm³/mol. The zero-order valence-corrected chi connectivity index (χ0v) is 70.0.